The average Bonchev–Trinajstić information content (AvgIpc) is 3.17. The van der Waals surface area contributed by atoms with Gasteiger partial charge in [0.15, 0.2) is 0 Å². The van der Waals surface area contributed by atoms with Gasteiger partial charge in [0.1, 0.15) is 5.15 Å². The summed E-state index contributed by atoms with van der Waals surface area (Å²) in [6.07, 6.45) is 7.66. The number of piperidine rings is 1. The van der Waals surface area contributed by atoms with Gasteiger partial charge in [0, 0.05) is 44.7 Å². The minimum atomic E-state index is 0.0119. The number of halogens is 1. The fraction of sp³-hybridized carbons (Fsp3) is 0.632. The smallest absolute Gasteiger partial charge is 0.225 e. The van der Waals surface area contributed by atoms with Crippen molar-refractivity contribution in [2.45, 2.75) is 45.1 Å². The predicted octanol–water partition coefficient (Wildman–Crippen LogP) is 3.12. The van der Waals surface area contributed by atoms with Crippen LogP contribution in [-0.2, 0) is 16.1 Å². The number of rotatable bonds is 4. The average molecular weight is 364 g/mol. The van der Waals surface area contributed by atoms with Crippen molar-refractivity contribution in [1.29, 1.82) is 0 Å². The summed E-state index contributed by atoms with van der Waals surface area (Å²) >= 11 is 5.79. The summed E-state index contributed by atoms with van der Waals surface area (Å²) in [4.78, 5) is 33.0. The quantitative estimate of drug-likeness (QED) is 0.772. The highest BCUT2D eigenvalue weighted by Gasteiger charge is 2.32. The van der Waals surface area contributed by atoms with Crippen LogP contribution >= 0.6 is 11.6 Å². The molecule has 25 heavy (non-hydrogen) atoms. The molecule has 0 aromatic carbocycles. The molecule has 1 saturated heterocycles. The monoisotopic (exact) mass is 363 g/mol. The van der Waals surface area contributed by atoms with Crippen molar-refractivity contribution in [2.75, 3.05) is 20.1 Å². The lowest BCUT2D eigenvalue weighted by Crippen LogP contribution is -2.45. The van der Waals surface area contributed by atoms with E-state index in [4.69, 9.17) is 11.6 Å². The second kappa shape index (κ2) is 8.17. The van der Waals surface area contributed by atoms with Gasteiger partial charge in [-0.25, -0.2) is 4.98 Å². The van der Waals surface area contributed by atoms with Crippen LogP contribution in [0.1, 0.15) is 44.1 Å². The number of carbonyl (C=O) groups excluding carboxylic acids is 2. The number of aromatic nitrogens is 1. The van der Waals surface area contributed by atoms with Crippen LogP contribution in [-0.4, -0.2) is 46.7 Å². The van der Waals surface area contributed by atoms with Crippen molar-refractivity contribution < 1.29 is 9.59 Å². The number of likely N-dealkylation sites (tertiary alicyclic amines) is 1. The van der Waals surface area contributed by atoms with Gasteiger partial charge in [0.05, 0.1) is 0 Å². The first-order valence-electron chi connectivity index (χ1n) is 9.19. The molecule has 0 spiro atoms. The van der Waals surface area contributed by atoms with Gasteiger partial charge in [0.2, 0.25) is 11.8 Å². The highest BCUT2D eigenvalue weighted by molar-refractivity contribution is 6.29. The lowest BCUT2D eigenvalue weighted by atomic mass is 9.94. The van der Waals surface area contributed by atoms with E-state index in [1.165, 1.54) is 12.8 Å². The van der Waals surface area contributed by atoms with E-state index in [2.05, 4.69) is 4.98 Å². The molecule has 2 aliphatic rings. The zero-order valence-electron chi connectivity index (χ0n) is 14.8. The number of nitrogens with zero attached hydrogens (tertiary/aromatic N) is 3. The Morgan fingerprint density at radius 3 is 2.44 bits per heavy atom. The van der Waals surface area contributed by atoms with Gasteiger partial charge in [0.25, 0.3) is 0 Å². The summed E-state index contributed by atoms with van der Waals surface area (Å²) in [7, 11) is 1.83. The number of carbonyl (C=O) groups is 2. The van der Waals surface area contributed by atoms with Gasteiger partial charge in [-0.2, -0.15) is 0 Å². The van der Waals surface area contributed by atoms with Crippen molar-refractivity contribution in [3.8, 4) is 0 Å². The predicted molar refractivity (Wildman–Crippen MR) is 97.0 cm³/mol. The highest BCUT2D eigenvalue weighted by atomic mass is 35.5. The SMILES string of the molecule is CN(Cc1ccc(Cl)nc1)C(=O)C1CCN(C(=O)C2CCCC2)CC1. The highest BCUT2D eigenvalue weighted by Crippen LogP contribution is 2.29. The van der Waals surface area contributed by atoms with Crippen LogP contribution in [0, 0.1) is 11.8 Å². The van der Waals surface area contributed by atoms with Crippen LogP contribution in [0.5, 0.6) is 0 Å². The Balaban J connectivity index is 1.48. The summed E-state index contributed by atoms with van der Waals surface area (Å²) in [5.41, 5.74) is 0.967. The van der Waals surface area contributed by atoms with E-state index >= 15 is 0 Å². The summed E-state index contributed by atoms with van der Waals surface area (Å²) in [5.74, 6) is 0.706. The third kappa shape index (κ3) is 4.51. The summed E-state index contributed by atoms with van der Waals surface area (Å²) in [6.45, 7) is 1.95. The molecule has 1 aromatic heterocycles. The summed E-state index contributed by atoms with van der Waals surface area (Å²) < 4.78 is 0. The lowest BCUT2D eigenvalue weighted by Gasteiger charge is -2.34. The van der Waals surface area contributed by atoms with E-state index in [-0.39, 0.29) is 17.7 Å². The Labute approximate surface area is 154 Å². The molecule has 1 saturated carbocycles. The molecule has 0 unspecified atom stereocenters. The molecule has 1 aliphatic heterocycles. The van der Waals surface area contributed by atoms with Crippen molar-refractivity contribution in [3.05, 3.63) is 29.0 Å². The third-order valence-corrected chi connectivity index (χ3v) is 5.67. The number of hydrogen-bond acceptors (Lipinski definition) is 3. The Hall–Kier alpha value is -1.62. The molecule has 0 atom stereocenters. The van der Waals surface area contributed by atoms with Crippen LogP contribution in [0.3, 0.4) is 0 Å². The van der Waals surface area contributed by atoms with Crippen LogP contribution in [0.15, 0.2) is 18.3 Å². The molecule has 2 amide bonds. The molecule has 3 rings (SSSR count). The number of hydrogen-bond donors (Lipinski definition) is 0. The van der Waals surface area contributed by atoms with E-state index in [1.54, 1.807) is 17.2 Å². The zero-order chi connectivity index (χ0) is 17.8. The molecule has 5 nitrogen and oxygen atoms in total. The second-order valence-electron chi connectivity index (χ2n) is 7.26. The molecular formula is C19H26ClN3O2. The van der Waals surface area contributed by atoms with Gasteiger partial charge in [-0.3, -0.25) is 9.59 Å². The standard InChI is InChI=1S/C19H26ClN3O2/c1-22(13-14-6-7-17(20)21-12-14)18(24)16-8-10-23(11-9-16)19(25)15-4-2-3-5-15/h6-7,12,15-16H,2-5,8-11,13H2,1H3. The second-order valence-corrected chi connectivity index (χ2v) is 7.65. The largest absolute Gasteiger partial charge is 0.342 e. The normalized spacial score (nSPS) is 19.2. The summed E-state index contributed by atoms with van der Waals surface area (Å²) in [6, 6.07) is 3.63. The topological polar surface area (TPSA) is 53.5 Å². The molecule has 0 N–H and O–H groups in total. The Morgan fingerprint density at radius 2 is 1.84 bits per heavy atom. The maximum Gasteiger partial charge on any atom is 0.225 e. The molecule has 1 aliphatic carbocycles. The van der Waals surface area contributed by atoms with E-state index in [1.807, 2.05) is 18.0 Å². The third-order valence-electron chi connectivity index (χ3n) is 5.44. The maximum absolute atomic E-state index is 12.7. The van der Waals surface area contributed by atoms with E-state index < -0.39 is 0 Å². The molecular weight excluding hydrogens is 338 g/mol. The van der Waals surface area contributed by atoms with Crippen LogP contribution in [0.4, 0.5) is 0 Å². The Morgan fingerprint density at radius 1 is 1.16 bits per heavy atom. The van der Waals surface area contributed by atoms with Gasteiger partial charge < -0.3 is 9.80 Å². The zero-order valence-corrected chi connectivity index (χ0v) is 15.5. The molecule has 0 bridgehead atoms. The molecule has 1 aromatic rings. The van der Waals surface area contributed by atoms with Crippen molar-refractivity contribution in [2.24, 2.45) is 11.8 Å². The molecule has 6 heteroatoms. The van der Waals surface area contributed by atoms with Crippen LogP contribution < -0.4 is 0 Å². The molecule has 0 radical (unpaired) electrons. The van der Waals surface area contributed by atoms with E-state index in [9.17, 15) is 9.59 Å². The van der Waals surface area contributed by atoms with Gasteiger partial charge in [-0.1, -0.05) is 30.5 Å². The Kier molecular flexibility index (Phi) is 5.94. The van der Waals surface area contributed by atoms with Crippen molar-refractivity contribution >= 4 is 23.4 Å². The first-order valence-corrected chi connectivity index (χ1v) is 9.56. The molecule has 2 heterocycles. The Bertz CT molecular complexity index is 606. The molecule has 136 valence electrons. The summed E-state index contributed by atoms with van der Waals surface area (Å²) in [5, 5.41) is 0.456. The maximum atomic E-state index is 12.7. The van der Waals surface area contributed by atoms with Crippen molar-refractivity contribution in [1.82, 2.24) is 14.8 Å². The van der Waals surface area contributed by atoms with E-state index in [0.717, 1.165) is 31.2 Å². The molecule has 2 fully saturated rings. The lowest BCUT2D eigenvalue weighted by molar-refractivity contribution is -0.142. The van der Waals surface area contributed by atoms with Gasteiger partial charge in [-0.15, -0.1) is 0 Å². The fourth-order valence-electron chi connectivity index (χ4n) is 3.94. The first kappa shape index (κ1) is 18.2. The van der Waals surface area contributed by atoms with Crippen molar-refractivity contribution in [3.63, 3.8) is 0 Å². The van der Waals surface area contributed by atoms with Gasteiger partial charge >= 0.3 is 0 Å². The van der Waals surface area contributed by atoms with Gasteiger partial charge in [-0.05, 0) is 37.3 Å². The minimum Gasteiger partial charge on any atom is -0.342 e. The first-order chi connectivity index (χ1) is 12.0. The van der Waals surface area contributed by atoms with E-state index in [0.29, 0.717) is 30.7 Å². The number of pyridine rings is 1. The van der Waals surface area contributed by atoms with Crippen LogP contribution in [0.2, 0.25) is 5.15 Å². The fourth-order valence-corrected chi connectivity index (χ4v) is 4.05. The van der Waals surface area contributed by atoms with Crippen LogP contribution in [0.25, 0.3) is 0 Å². The minimum absolute atomic E-state index is 0.0119. The number of amides is 2.